The maximum atomic E-state index is 4.85. The predicted octanol–water partition coefficient (Wildman–Crippen LogP) is 1.38. The first-order valence-corrected chi connectivity index (χ1v) is 2.53. The number of hydrogen-bond acceptors (Lipinski definition) is 1. The average molecular weight is 89.2 g/mol. The molecular formula is C5H15N. The fraction of sp³-hybridized carbons (Fsp3) is 1.00. The van der Waals surface area contributed by atoms with E-state index in [2.05, 4.69) is 13.8 Å². The van der Waals surface area contributed by atoms with Crippen molar-refractivity contribution in [2.75, 3.05) is 6.54 Å². The van der Waals surface area contributed by atoms with Crippen molar-refractivity contribution in [1.29, 1.82) is 0 Å². The summed E-state index contributed by atoms with van der Waals surface area (Å²) in [7, 11) is 0. The van der Waals surface area contributed by atoms with Crippen molar-refractivity contribution in [3.05, 3.63) is 0 Å². The SMILES string of the molecule is CCC.CCN. The average Bonchev–Trinajstić information content (AvgIpc) is 1.39. The van der Waals surface area contributed by atoms with Gasteiger partial charge in [0.05, 0.1) is 0 Å². The molecule has 0 aliphatic heterocycles. The zero-order valence-corrected chi connectivity index (χ0v) is 4.99. The lowest BCUT2D eigenvalue weighted by molar-refractivity contribution is 1.09. The fourth-order valence-corrected chi connectivity index (χ4v) is 0. The maximum Gasteiger partial charge on any atom is -0.0106 e. The van der Waals surface area contributed by atoms with E-state index in [0.717, 1.165) is 6.54 Å². The molecule has 0 fully saturated rings. The summed E-state index contributed by atoms with van der Waals surface area (Å²) in [6, 6.07) is 0. The monoisotopic (exact) mass is 89.1 g/mol. The van der Waals surface area contributed by atoms with Gasteiger partial charge in [-0.2, -0.15) is 0 Å². The molecule has 0 aromatic rings. The van der Waals surface area contributed by atoms with Crippen LogP contribution in [0.15, 0.2) is 0 Å². The lowest BCUT2D eigenvalue weighted by Crippen LogP contribution is -1.87. The van der Waals surface area contributed by atoms with E-state index < -0.39 is 0 Å². The lowest BCUT2D eigenvalue weighted by atomic mass is 10.6. The minimum absolute atomic E-state index is 0.750. The molecule has 0 heterocycles. The minimum Gasteiger partial charge on any atom is -0.331 e. The minimum atomic E-state index is 0.750. The van der Waals surface area contributed by atoms with Crippen LogP contribution in [0.1, 0.15) is 27.2 Å². The van der Waals surface area contributed by atoms with Crippen LogP contribution in [0, 0.1) is 0 Å². The second kappa shape index (κ2) is 20.2. The molecular weight excluding hydrogens is 74.1 g/mol. The third-order valence-electron chi connectivity index (χ3n) is 0. The van der Waals surface area contributed by atoms with Gasteiger partial charge in [-0.1, -0.05) is 27.2 Å². The second-order valence-corrected chi connectivity index (χ2v) is 1.12. The largest absolute Gasteiger partial charge is 0.331 e. The van der Waals surface area contributed by atoms with Gasteiger partial charge in [0.25, 0.3) is 0 Å². The van der Waals surface area contributed by atoms with Crippen LogP contribution < -0.4 is 5.73 Å². The first kappa shape index (κ1) is 9.35. The standard InChI is InChI=1S/C3H8.C2H7N/c1-3-2;1-2-3/h3H2,1-2H3;2-3H2,1H3. The molecule has 0 aromatic heterocycles. The van der Waals surface area contributed by atoms with E-state index in [0.29, 0.717) is 0 Å². The summed E-state index contributed by atoms with van der Waals surface area (Å²) in [5.74, 6) is 0. The molecule has 0 spiro atoms. The lowest BCUT2D eigenvalue weighted by Gasteiger charge is -1.53. The Labute approximate surface area is 40.5 Å². The van der Waals surface area contributed by atoms with Crippen LogP contribution in [0.4, 0.5) is 0 Å². The Morgan fingerprint density at radius 3 is 1.17 bits per heavy atom. The fourth-order valence-electron chi connectivity index (χ4n) is 0. The topological polar surface area (TPSA) is 26.0 Å². The van der Waals surface area contributed by atoms with Gasteiger partial charge in [0.15, 0.2) is 0 Å². The van der Waals surface area contributed by atoms with Crippen LogP contribution >= 0.6 is 0 Å². The van der Waals surface area contributed by atoms with E-state index in [-0.39, 0.29) is 0 Å². The van der Waals surface area contributed by atoms with Crippen LogP contribution in [-0.4, -0.2) is 6.54 Å². The molecule has 0 aliphatic carbocycles. The molecule has 0 saturated heterocycles. The molecule has 0 saturated carbocycles. The van der Waals surface area contributed by atoms with Crippen LogP contribution in [0.2, 0.25) is 0 Å². The van der Waals surface area contributed by atoms with Gasteiger partial charge >= 0.3 is 0 Å². The highest BCUT2D eigenvalue weighted by molar-refractivity contribution is 4.00. The van der Waals surface area contributed by atoms with E-state index in [1.54, 1.807) is 0 Å². The van der Waals surface area contributed by atoms with Crippen molar-refractivity contribution in [1.82, 2.24) is 0 Å². The van der Waals surface area contributed by atoms with Gasteiger partial charge in [-0.15, -0.1) is 0 Å². The molecule has 6 heavy (non-hydrogen) atoms. The summed E-state index contributed by atoms with van der Waals surface area (Å²) in [4.78, 5) is 0. The van der Waals surface area contributed by atoms with E-state index in [1.165, 1.54) is 6.42 Å². The van der Waals surface area contributed by atoms with Gasteiger partial charge in [-0.05, 0) is 6.54 Å². The molecule has 1 nitrogen and oxygen atoms in total. The quantitative estimate of drug-likeness (QED) is 0.476. The van der Waals surface area contributed by atoms with Gasteiger partial charge in [0.1, 0.15) is 0 Å². The first-order chi connectivity index (χ1) is 2.83. The molecule has 0 atom stereocenters. The Bertz CT molecular complexity index is 5.90. The van der Waals surface area contributed by atoms with Crippen molar-refractivity contribution >= 4 is 0 Å². The Kier molecular flexibility index (Phi) is 31.6. The van der Waals surface area contributed by atoms with Gasteiger partial charge < -0.3 is 5.73 Å². The third-order valence-corrected chi connectivity index (χ3v) is 0. The highest BCUT2D eigenvalue weighted by Gasteiger charge is 1.35. The van der Waals surface area contributed by atoms with E-state index >= 15 is 0 Å². The van der Waals surface area contributed by atoms with Crippen molar-refractivity contribution in [3.63, 3.8) is 0 Å². The summed E-state index contributed by atoms with van der Waals surface area (Å²) in [5, 5.41) is 0. The van der Waals surface area contributed by atoms with E-state index in [9.17, 15) is 0 Å². The van der Waals surface area contributed by atoms with Crippen molar-refractivity contribution in [3.8, 4) is 0 Å². The van der Waals surface area contributed by atoms with Crippen LogP contribution in [0.3, 0.4) is 0 Å². The summed E-state index contributed by atoms with van der Waals surface area (Å²) >= 11 is 0. The summed E-state index contributed by atoms with van der Waals surface area (Å²) in [6.07, 6.45) is 1.25. The van der Waals surface area contributed by atoms with Crippen molar-refractivity contribution < 1.29 is 0 Å². The molecule has 1 heteroatoms. The molecule has 0 amide bonds. The van der Waals surface area contributed by atoms with Gasteiger partial charge in [-0.25, -0.2) is 0 Å². The van der Waals surface area contributed by atoms with Gasteiger partial charge in [0, 0.05) is 0 Å². The maximum absolute atomic E-state index is 4.85. The van der Waals surface area contributed by atoms with Crippen LogP contribution in [0.5, 0.6) is 0 Å². The summed E-state index contributed by atoms with van der Waals surface area (Å²) in [5.41, 5.74) is 4.85. The second-order valence-electron chi connectivity index (χ2n) is 1.12. The van der Waals surface area contributed by atoms with Crippen molar-refractivity contribution in [2.24, 2.45) is 5.73 Å². The first-order valence-electron chi connectivity index (χ1n) is 2.53. The number of rotatable bonds is 0. The zero-order valence-electron chi connectivity index (χ0n) is 4.99. The van der Waals surface area contributed by atoms with Crippen LogP contribution in [0.25, 0.3) is 0 Å². The highest BCUT2D eigenvalue weighted by Crippen LogP contribution is 1.56. The smallest absolute Gasteiger partial charge is 0.0106 e. The molecule has 40 valence electrons. The Balaban J connectivity index is 0. The molecule has 0 aromatic carbocycles. The third kappa shape index (κ3) is 21700. The molecule has 0 bridgehead atoms. The summed E-state index contributed by atoms with van der Waals surface area (Å²) < 4.78 is 0. The molecule has 2 N–H and O–H groups in total. The normalized spacial score (nSPS) is 6.00. The number of hydrogen-bond donors (Lipinski definition) is 1. The highest BCUT2D eigenvalue weighted by atomic mass is 14.5. The molecule has 0 radical (unpaired) electrons. The number of nitrogens with two attached hydrogens (primary N) is 1. The zero-order chi connectivity index (χ0) is 5.41. The van der Waals surface area contributed by atoms with Gasteiger partial charge in [-0.3, -0.25) is 0 Å². The Morgan fingerprint density at radius 2 is 1.17 bits per heavy atom. The molecule has 0 rings (SSSR count). The van der Waals surface area contributed by atoms with E-state index in [4.69, 9.17) is 5.73 Å². The Morgan fingerprint density at radius 1 is 1.17 bits per heavy atom. The van der Waals surface area contributed by atoms with Crippen LogP contribution in [-0.2, 0) is 0 Å². The molecule has 0 unspecified atom stereocenters. The predicted molar refractivity (Wildman–Crippen MR) is 30.7 cm³/mol. The van der Waals surface area contributed by atoms with E-state index in [1.807, 2.05) is 6.92 Å². The summed E-state index contributed by atoms with van der Waals surface area (Å²) in [6.45, 7) is 6.90. The van der Waals surface area contributed by atoms with Gasteiger partial charge in [0.2, 0.25) is 0 Å². The Hall–Kier alpha value is -0.0400. The molecule has 0 aliphatic rings. The van der Waals surface area contributed by atoms with Crippen molar-refractivity contribution in [2.45, 2.75) is 27.2 Å².